The highest BCUT2D eigenvalue weighted by molar-refractivity contribution is 5.88. The second-order valence-corrected chi connectivity index (χ2v) is 5.16. The fourth-order valence-electron chi connectivity index (χ4n) is 2.51. The molecule has 116 valence electrons. The van der Waals surface area contributed by atoms with E-state index in [0.717, 1.165) is 0 Å². The molecule has 0 radical (unpaired) electrons. The van der Waals surface area contributed by atoms with Gasteiger partial charge in [-0.25, -0.2) is 4.79 Å². The van der Waals surface area contributed by atoms with Crippen molar-refractivity contribution in [1.82, 2.24) is 5.32 Å². The summed E-state index contributed by atoms with van der Waals surface area (Å²) in [6.45, 7) is 5.01. The van der Waals surface area contributed by atoms with Gasteiger partial charge in [-0.05, 0) is 11.5 Å². The Labute approximate surface area is 125 Å². The molecule has 1 aromatic carbocycles. The van der Waals surface area contributed by atoms with Gasteiger partial charge in [0.1, 0.15) is 6.10 Å². The predicted molar refractivity (Wildman–Crippen MR) is 79.4 cm³/mol. The van der Waals surface area contributed by atoms with E-state index in [1.165, 1.54) is 14.0 Å². The fourth-order valence-corrected chi connectivity index (χ4v) is 2.51. The van der Waals surface area contributed by atoms with E-state index in [1.54, 1.807) is 31.2 Å². The topological polar surface area (TPSA) is 75.6 Å². The normalized spacial score (nSPS) is 16.4. The number of rotatable bonds is 6. The fraction of sp³-hybridized carbons (Fsp3) is 0.500. The van der Waals surface area contributed by atoms with E-state index in [-0.39, 0.29) is 5.92 Å². The lowest BCUT2D eigenvalue weighted by Crippen LogP contribution is -2.62. The largest absolute Gasteiger partial charge is 0.467 e. The molecule has 1 rings (SSSR count). The third-order valence-corrected chi connectivity index (χ3v) is 3.84. The highest BCUT2D eigenvalue weighted by Crippen LogP contribution is 2.35. The predicted octanol–water partition coefficient (Wildman–Crippen LogP) is 1.81. The molecule has 0 saturated heterocycles. The summed E-state index contributed by atoms with van der Waals surface area (Å²) in [6.07, 6.45) is -0.593. The molecule has 5 heteroatoms. The lowest BCUT2D eigenvalue weighted by molar-refractivity contribution is -0.161. The summed E-state index contributed by atoms with van der Waals surface area (Å²) in [5.41, 5.74) is -0.951. The Morgan fingerprint density at radius 3 is 2.33 bits per heavy atom. The molecule has 0 aromatic heterocycles. The van der Waals surface area contributed by atoms with Crippen LogP contribution in [0.1, 0.15) is 38.9 Å². The van der Waals surface area contributed by atoms with Gasteiger partial charge in [0.25, 0.3) is 0 Å². The second kappa shape index (κ2) is 7.22. The van der Waals surface area contributed by atoms with Gasteiger partial charge < -0.3 is 15.2 Å². The van der Waals surface area contributed by atoms with E-state index >= 15 is 0 Å². The molecule has 0 heterocycles. The van der Waals surface area contributed by atoms with Crippen molar-refractivity contribution in [3.63, 3.8) is 0 Å². The number of hydrogen-bond acceptors (Lipinski definition) is 4. The Bertz CT molecular complexity index is 488. The molecular formula is C16H23NO4. The van der Waals surface area contributed by atoms with Crippen LogP contribution in [0, 0.1) is 5.92 Å². The molecule has 0 aliphatic rings. The quantitative estimate of drug-likeness (QED) is 0.784. The van der Waals surface area contributed by atoms with Gasteiger partial charge in [0.05, 0.1) is 7.11 Å². The number of ether oxygens (including phenoxy) is 1. The molecule has 0 aliphatic heterocycles. The van der Waals surface area contributed by atoms with Gasteiger partial charge in [0.2, 0.25) is 5.91 Å². The number of amides is 1. The number of methoxy groups -OCH3 is 1. The summed E-state index contributed by atoms with van der Waals surface area (Å²) in [5, 5.41) is 13.4. The molecule has 0 spiro atoms. The summed E-state index contributed by atoms with van der Waals surface area (Å²) in [4.78, 5) is 24.0. The highest BCUT2D eigenvalue weighted by Gasteiger charge is 2.51. The highest BCUT2D eigenvalue weighted by atomic mass is 16.5. The third kappa shape index (κ3) is 3.42. The first kappa shape index (κ1) is 17.2. The maximum atomic E-state index is 12.4. The summed E-state index contributed by atoms with van der Waals surface area (Å²) in [7, 11) is 1.25. The van der Waals surface area contributed by atoms with Crippen molar-refractivity contribution in [3.8, 4) is 0 Å². The van der Waals surface area contributed by atoms with Crippen molar-refractivity contribution < 1.29 is 19.4 Å². The molecule has 2 N–H and O–H groups in total. The Morgan fingerprint density at radius 2 is 1.90 bits per heavy atom. The smallest absolute Gasteiger partial charge is 0.334 e. The zero-order chi connectivity index (χ0) is 16.0. The van der Waals surface area contributed by atoms with Crippen LogP contribution in [0.4, 0.5) is 0 Å². The van der Waals surface area contributed by atoms with Crippen LogP contribution < -0.4 is 5.32 Å². The zero-order valence-corrected chi connectivity index (χ0v) is 12.9. The monoisotopic (exact) mass is 293 g/mol. The Morgan fingerprint density at radius 1 is 1.33 bits per heavy atom. The van der Waals surface area contributed by atoms with Crippen LogP contribution in [0.25, 0.3) is 0 Å². The standard InChI is InChI=1S/C16H23NO4/c1-5-11(2)16(15(20)21-4,17-12(3)18)14(19)13-9-7-6-8-10-13/h6-11,14,19H,5H2,1-4H3,(H,17,18)/t11?,14-,16-/m0/s1. The minimum absolute atomic E-state index is 0.302. The van der Waals surface area contributed by atoms with E-state index < -0.39 is 23.5 Å². The number of carbonyl (C=O) groups is 2. The molecule has 0 aliphatic carbocycles. The molecule has 3 atom stereocenters. The number of aliphatic hydroxyl groups excluding tert-OH is 1. The second-order valence-electron chi connectivity index (χ2n) is 5.16. The zero-order valence-electron chi connectivity index (χ0n) is 12.9. The summed E-state index contributed by atoms with van der Waals surface area (Å²) in [6, 6.07) is 8.78. The van der Waals surface area contributed by atoms with Crippen molar-refractivity contribution in [3.05, 3.63) is 35.9 Å². The van der Waals surface area contributed by atoms with E-state index in [9.17, 15) is 14.7 Å². The van der Waals surface area contributed by atoms with Crippen molar-refractivity contribution in [2.24, 2.45) is 5.92 Å². The van der Waals surface area contributed by atoms with Gasteiger partial charge in [0.15, 0.2) is 5.54 Å². The molecule has 1 unspecified atom stereocenters. The van der Waals surface area contributed by atoms with E-state index in [1.807, 2.05) is 13.0 Å². The maximum absolute atomic E-state index is 12.4. The number of carbonyl (C=O) groups excluding carboxylic acids is 2. The lowest BCUT2D eigenvalue weighted by Gasteiger charge is -2.40. The first-order chi connectivity index (χ1) is 9.90. The van der Waals surface area contributed by atoms with Crippen LogP contribution in [-0.4, -0.2) is 29.6 Å². The Hall–Kier alpha value is -1.88. The van der Waals surface area contributed by atoms with Crippen LogP contribution in [0.15, 0.2) is 30.3 Å². The van der Waals surface area contributed by atoms with Crippen LogP contribution in [0.2, 0.25) is 0 Å². The molecule has 21 heavy (non-hydrogen) atoms. The van der Waals surface area contributed by atoms with E-state index in [2.05, 4.69) is 5.32 Å². The van der Waals surface area contributed by atoms with Gasteiger partial charge >= 0.3 is 5.97 Å². The van der Waals surface area contributed by atoms with Crippen LogP contribution >= 0.6 is 0 Å². The van der Waals surface area contributed by atoms with Crippen molar-refractivity contribution in [2.45, 2.75) is 38.8 Å². The van der Waals surface area contributed by atoms with Gasteiger partial charge in [-0.2, -0.15) is 0 Å². The average molecular weight is 293 g/mol. The number of benzene rings is 1. The Balaban J connectivity index is 3.39. The van der Waals surface area contributed by atoms with Gasteiger partial charge in [-0.15, -0.1) is 0 Å². The van der Waals surface area contributed by atoms with Gasteiger partial charge in [-0.1, -0.05) is 50.6 Å². The number of hydrogen-bond donors (Lipinski definition) is 2. The lowest BCUT2D eigenvalue weighted by atomic mass is 9.76. The first-order valence-corrected chi connectivity index (χ1v) is 7.00. The SMILES string of the molecule is CCC(C)[C@@](NC(C)=O)(C(=O)OC)[C@@H](O)c1ccccc1. The molecule has 1 aromatic rings. The number of esters is 1. The summed E-state index contributed by atoms with van der Waals surface area (Å²) in [5.74, 6) is -1.34. The van der Waals surface area contributed by atoms with Crippen LogP contribution in [-0.2, 0) is 14.3 Å². The molecule has 0 fully saturated rings. The van der Waals surface area contributed by atoms with Crippen molar-refractivity contribution in [2.75, 3.05) is 7.11 Å². The van der Waals surface area contributed by atoms with Crippen molar-refractivity contribution in [1.29, 1.82) is 0 Å². The van der Waals surface area contributed by atoms with Gasteiger partial charge in [0, 0.05) is 6.92 Å². The van der Waals surface area contributed by atoms with Gasteiger partial charge in [-0.3, -0.25) is 4.79 Å². The van der Waals surface area contributed by atoms with Crippen molar-refractivity contribution >= 4 is 11.9 Å². The molecule has 1 amide bonds. The summed E-state index contributed by atoms with van der Waals surface area (Å²) >= 11 is 0. The van der Waals surface area contributed by atoms with E-state index in [4.69, 9.17) is 4.74 Å². The maximum Gasteiger partial charge on any atom is 0.334 e. The minimum atomic E-state index is -1.50. The molecular weight excluding hydrogens is 270 g/mol. The van der Waals surface area contributed by atoms with E-state index in [0.29, 0.717) is 12.0 Å². The third-order valence-electron chi connectivity index (χ3n) is 3.84. The first-order valence-electron chi connectivity index (χ1n) is 7.00. The average Bonchev–Trinajstić information content (AvgIpc) is 2.50. The minimum Gasteiger partial charge on any atom is -0.467 e. The number of nitrogens with one attached hydrogen (secondary N) is 1. The molecule has 0 saturated carbocycles. The molecule has 0 bridgehead atoms. The summed E-state index contributed by atoms with van der Waals surface area (Å²) < 4.78 is 4.87. The Kier molecular flexibility index (Phi) is 5.90. The molecule has 5 nitrogen and oxygen atoms in total. The van der Waals surface area contributed by atoms with Crippen LogP contribution in [0.3, 0.4) is 0 Å². The number of aliphatic hydroxyl groups is 1. The van der Waals surface area contributed by atoms with Crippen LogP contribution in [0.5, 0.6) is 0 Å².